The van der Waals surface area contributed by atoms with Crippen molar-refractivity contribution < 1.29 is 42.9 Å². The molecule has 0 N–H and O–H groups in total. The van der Waals surface area contributed by atoms with Gasteiger partial charge >= 0.3 is 6.18 Å². The first kappa shape index (κ1) is 20.5. The van der Waals surface area contributed by atoms with Crippen molar-refractivity contribution in [1.82, 2.24) is 19.4 Å². The topological polar surface area (TPSA) is 58.4 Å². The van der Waals surface area contributed by atoms with Crippen LogP contribution in [0.25, 0.3) is 11.1 Å². The zero-order valence-corrected chi connectivity index (χ0v) is 26.8. The van der Waals surface area contributed by atoms with Gasteiger partial charge in [0.25, 0.3) is 5.56 Å². The normalized spacial score (nSPS) is 19.2. The molecule has 0 radical (unpaired) electrons. The summed E-state index contributed by atoms with van der Waals surface area (Å²) in [6.07, 6.45) is -4.53. The number of rotatable bonds is 13. The molecule has 0 bridgehead atoms. The predicted molar refractivity (Wildman–Crippen MR) is 181 cm³/mol. The van der Waals surface area contributed by atoms with E-state index in [0.717, 1.165) is 31.2 Å². The molecule has 48 heavy (non-hydrogen) atoms. The number of halogens is 4. The number of nitrogens with zero attached hydrogens (tertiary/aromatic N) is 4. The van der Waals surface area contributed by atoms with Gasteiger partial charge in [-0.1, -0.05) is 68.0 Å². The van der Waals surface area contributed by atoms with Gasteiger partial charge < -0.3 is 14.4 Å². The molecule has 254 valence electrons. The van der Waals surface area contributed by atoms with Gasteiger partial charge in [-0.25, -0.2) is 4.39 Å². The highest BCUT2D eigenvalue weighted by Gasteiger charge is 2.30. The van der Waals surface area contributed by atoms with Gasteiger partial charge in [0.1, 0.15) is 12.3 Å². The number of thioether (sulfide) groups is 1. The van der Waals surface area contributed by atoms with Crippen molar-refractivity contribution >= 4 is 17.7 Å². The lowest BCUT2D eigenvalue weighted by Crippen LogP contribution is -2.40. The van der Waals surface area contributed by atoms with Gasteiger partial charge in [0.05, 0.1) is 17.9 Å². The van der Waals surface area contributed by atoms with E-state index in [4.69, 9.17) is 12.3 Å². The molecule has 4 aromatic rings. The smallest absolute Gasteiger partial charge is 0.336 e. The van der Waals surface area contributed by atoms with E-state index in [1.165, 1.54) is 12.1 Å². The van der Waals surface area contributed by atoms with Crippen LogP contribution in [0.2, 0.25) is 0 Å². The first-order chi connectivity index (χ1) is 28.6. The van der Waals surface area contributed by atoms with E-state index in [0.29, 0.717) is 47.9 Å². The summed E-state index contributed by atoms with van der Waals surface area (Å²) in [5.41, 5.74) is -4.10. The van der Waals surface area contributed by atoms with Crippen LogP contribution in [0.4, 0.5) is 17.6 Å². The van der Waals surface area contributed by atoms with Crippen molar-refractivity contribution in [3.63, 3.8) is 0 Å². The molecule has 6 nitrogen and oxygen atoms in total. The highest BCUT2D eigenvalue weighted by Crippen LogP contribution is 2.32. The van der Waals surface area contributed by atoms with Crippen LogP contribution in [0.1, 0.15) is 74.3 Å². The van der Waals surface area contributed by atoms with Crippen LogP contribution in [0.5, 0.6) is 0 Å². The lowest BCUT2D eigenvalue weighted by Gasteiger charge is -2.28. The summed E-state index contributed by atoms with van der Waals surface area (Å²) in [6, 6.07) is 5.07. The molecule has 1 aliphatic rings. The molecule has 0 saturated carbocycles. The van der Waals surface area contributed by atoms with Gasteiger partial charge in [-0.3, -0.25) is 9.59 Å². The van der Waals surface area contributed by atoms with Crippen molar-refractivity contribution in [3.8, 4) is 11.1 Å². The second kappa shape index (κ2) is 15.5. The van der Waals surface area contributed by atoms with E-state index in [9.17, 15) is 30.6 Å². The number of likely N-dealkylation sites (N-methyl/N-ethyl adjacent to an activating group) is 1. The lowest BCUT2D eigenvalue weighted by atomic mass is 9.98. The van der Waals surface area contributed by atoms with Gasteiger partial charge in [0, 0.05) is 44.7 Å². The Balaban J connectivity index is 1.81. The molecule has 0 unspecified atom stereocenters. The summed E-state index contributed by atoms with van der Waals surface area (Å²) in [6.45, 7) is -20.3. The number of benzene rings is 3. The van der Waals surface area contributed by atoms with Crippen LogP contribution in [-0.2, 0) is 42.6 Å². The van der Waals surface area contributed by atoms with E-state index in [2.05, 4.69) is 4.98 Å². The van der Waals surface area contributed by atoms with Gasteiger partial charge in [-0.05, 0) is 91.3 Å². The van der Waals surface area contributed by atoms with E-state index >= 15 is 4.79 Å². The first-order valence-corrected chi connectivity index (χ1v) is 15.6. The van der Waals surface area contributed by atoms with Crippen molar-refractivity contribution in [2.24, 2.45) is 0 Å². The third-order valence-corrected chi connectivity index (χ3v) is 8.25. The number of carbonyl (C=O) groups is 1. The van der Waals surface area contributed by atoms with Crippen molar-refractivity contribution in [2.75, 3.05) is 26.0 Å². The van der Waals surface area contributed by atoms with Crippen LogP contribution in [-0.4, -0.2) is 51.2 Å². The second-order valence-corrected chi connectivity index (χ2v) is 11.4. The average Bonchev–Trinajstić information content (AvgIpc) is 3.62. The maximum absolute atomic E-state index is 15.2. The largest absolute Gasteiger partial charge is 0.416 e. The Kier molecular flexibility index (Phi) is 6.63. The fourth-order valence-corrected chi connectivity index (χ4v) is 5.68. The fourth-order valence-electron chi connectivity index (χ4n) is 4.76. The molecule has 1 heterocycles. The number of alkyl halides is 3. The molecule has 0 fully saturated rings. The first-order valence-electron chi connectivity index (χ1n) is 22.1. The molecule has 3 aromatic carbocycles. The Morgan fingerprint density at radius 2 is 1.73 bits per heavy atom. The van der Waals surface area contributed by atoms with Gasteiger partial charge in [-0.2, -0.15) is 18.2 Å². The third-order valence-electron chi connectivity index (χ3n) is 7.24. The van der Waals surface area contributed by atoms with Crippen LogP contribution in [0.15, 0.2) is 76.6 Å². The minimum atomic E-state index is -4.77. The van der Waals surface area contributed by atoms with Gasteiger partial charge in [0.2, 0.25) is 5.91 Å². The zero-order chi connectivity index (χ0) is 47.8. The second-order valence-electron chi connectivity index (χ2n) is 10.4. The Hall–Kier alpha value is -3.96. The molecule has 1 aromatic heterocycles. The summed E-state index contributed by atoms with van der Waals surface area (Å²) < 4.78 is 189. The molecule has 1 amide bonds. The maximum atomic E-state index is 15.2. The highest BCUT2D eigenvalue weighted by atomic mass is 32.2. The van der Waals surface area contributed by atoms with Gasteiger partial charge in [0.15, 0.2) is 5.16 Å². The van der Waals surface area contributed by atoms with Crippen molar-refractivity contribution in [1.29, 1.82) is 0 Å². The summed E-state index contributed by atoms with van der Waals surface area (Å²) in [5.74, 6) is -2.95. The number of hydrogen-bond donors (Lipinski definition) is 0. The van der Waals surface area contributed by atoms with Crippen LogP contribution in [0.3, 0.4) is 0 Å². The quantitative estimate of drug-likeness (QED) is 0.0823. The van der Waals surface area contributed by atoms with Crippen LogP contribution < -0.4 is 5.56 Å². The molecule has 11 heteroatoms. The van der Waals surface area contributed by atoms with Gasteiger partial charge in [-0.15, -0.1) is 0 Å². The Labute approximate surface area is 303 Å². The standard InChI is InChI=1S/C37H40F4N4O2S/c1-4-43(5-2)19-20-44(22-29-12-11-28(21-25(29)3)27-13-15-30(16-14-27)37(39,40)41)34(46)23-45-33-8-6-7-32(33)35(47)42-36(45)48-24-26-9-17-31(38)18-10-26/h9-18,21H,4-8,19-20,22-24H2,1-3H3/i4D2,5D2,11D,12D,19D2,20D2,21D,22D2,23D2. The molecular weight excluding hydrogens is 640 g/mol. The number of carbonyl (C=O) groups excluding carboxylic acids is 1. The predicted octanol–water partition coefficient (Wildman–Crippen LogP) is 7.53. The van der Waals surface area contributed by atoms with E-state index in [1.807, 2.05) is 0 Å². The van der Waals surface area contributed by atoms with Crippen molar-refractivity contribution in [3.05, 3.63) is 116 Å². The Bertz CT molecular complexity index is 2430. The molecular formula is C37H40F4N4O2S. The summed E-state index contributed by atoms with van der Waals surface area (Å²) >= 11 is 0.689. The number of amides is 1. The number of aromatic nitrogens is 2. The Morgan fingerprint density at radius 3 is 2.40 bits per heavy atom. The molecule has 0 spiro atoms. The maximum Gasteiger partial charge on any atom is 0.416 e. The van der Waals surface area contributed by atoms with E-state index in [-0.39, 0.29) is 46.7 Å². The number of fused-ring (bicyclic) bond motifs is 1. The SMILES string of the molecule is [2H]c1c([2H])c(C([2H])([2H])N(C(=O)C([2H])([2H])n2c(SCc3ccc(F)cc3)nc(=O)c3c2CCC3)C([2H])([2H])C([2H])([2H])N(C([2H])([2H])C)C([2H])([2H])C)c(C)c([2H])c1-c1ccc(C(F)(F)F)cc1. The van der Waals surface area contributed by atoms with Crippen LogP contribution >= 0.6 is 11.8 Å². The molecule has 0 saturated heterocycles. The minimum absolute atomic E-state index is 0.0453. The minimum Gasteiger partial charge on any atom is -0.336 e. The monoisotopic (exact) mass is 695 g/mol. The Morgan fingerprint density at radius 1 is 1.02 bits per heavy atom. The van der Waals surface area contributed by atoms with Crippen LogP contribution in [0, 0.1) is 12.7 Å². The number of hydrogen-bond acceptors (Lipinski definition) is 5. The lowest BCUT2D eigenvalue weighted by molar-refractivity contribution is -0.137. The van der Waals surface area contributed by atoms with Crippen molar-refractivity contribution in [2.45, 2.75) is 70.1 Å². The third kappa shape index (κ3) is 8.54. The van der Waals surface area contributed by atoms with E-state index < -0.39 is 113 Å². The fraction of sp³-hybridized carbons (Fsp3) is 0.378. The molecule has 1 aliphatic carbocycles. The zero-order valence-electron chi connectivity index (χ0n) is 41.0. The molecule has 5 rings (SSSR count). The average molecular weight is 696 g/mol. The highest BCUT2D eigenvalue weighted by molar-refractivity contribution is 7.98. The summed E-state index contributed by atoms with van der Waals surface area (Å²) in [5, 5.41) is -0.496. The molecule has 0 atom stereocenters. The summed E-state index contributed by atoms with van der Waals surface area (Å²) in [7, 11) is 0. The summed E-state index contributed by atoms with van der Waals surface area (Å²) in [4.78, 5) is 31.6. The molecule has 0 aliphatic heterocycles. The van der Waals surface area contributed by atoms with E-state index in [1.54, 1.807) is 0 Å².